The van der Waals surface area contributed by atoms with Crippen molar-refractivity contribution < 1.29 is 19.4 Å². The standard InChI is InChI=1S/C20H21NO4.C6H4/c1-14-19(10-9-18(15(2)22)20(14)23)25-12-4-3-11-24-17-7-5-16(13-21)6-8-17;1-2-6-4-3-5(1)6/h5-10,23H,3-4,11-12H2,1-2H3;1-4H. The second-order valence-electron chi connectivity index (χ2n) is 7.26. The van der Waals surface area contributed by atoms with E-state index in [1.54, 1.807) is 43.3 Å². The highest BCUT2D eigenvalue weighted by Crippen LogP contribution is 2.31. The smallest absolute Gasteiger partial charge is 0.163 e. The van der Waals surface area contributed by atoms with Crippen molar-refractivity contribution >= 4 is 5.78 Å². The van der Waals surface area contributed by atoms with Crippen LogP contribution in [0.1, 0.15) is 41.3 Å². The number of carbonyl (C=O) groups excluding carboxylic acids is 1. The zero-order valence-electron chi connectivity index (χ0n) is 17.7. The van der Waals surface area contributed by atoms with Crippen molar-refractivity contribution in [3.63, 3.8) is 0 Å². The molecule has 0 saturated carbocycles. The second kappa shape index (κ2) is 10.3. The van der Waals surface area contributed by atoms with E-state index >= 15 is 0 Å². The molecule has 0 bridgehead atoms. The first-order valence-electron chi connectivity index (χ1n) is 10.2. The highest BCUT2D eigenvalue weighted by molar-refractivity contribution is 5.97. The molecule has 0 saturated heterocycles. The molecule has 2 aliphatic carbocycles. The van der Waals surface area contributed by atoms with Gasteiger partial charge in [-0.2, -0.15) is 5.26 Å². The van der Waals surface area contributed by atoms with Gasteiger partial charge in [0.25, 0.3) is 0 Å². The fourth-order valence-electron chi connectivity index (χ4n) is 2.99. The zero-order valence-corrected chi connectivity index (χ0v) is 17.7. The summed E-state index contributed by atoms with van der Waals surface area (Å²) in [7, 11) is 0. The molecule has 158 valence electrons. The molecular weight excluding hydrogens is 390 g/mol. The number of ketones is 1. The Kier molecular flexibility index (Phi) is 7.29. The number of phenols is 1. The molecule has 0 unspecified atom stereocenters. The lowest BCUT2D eigenvalue weighted by Crippen LogP contribution is -2.04. The minimum absolute atomic E-state index is 0.0193. The summed E-state index contributed by atoms with van der Waals surface area (Å²) in [6.07, 6.45) is 1.61. The van der Waals surface area contributed by atoms with Gasteiger partial charge >= 0.3 is 0 Å². The Morgan fingerprint density at radius 2 is 1.48 bits per heavy atom. The highest BCUT2D eigenvalue weighted by Gasteiger charge is 2.12. The van der Waals surface area contributed by atoms with Gasteiger partial charge < -0.3 is 14.6 Å². The number of unbranched alkanes of at least 4 members (excludes halogenated alkanes) is 1. The van der Waals surface area contributed by atoms with Crippen LogP contribution in [-0.4, -0.2) is 24.1 Å². The van der Waals surface area contributed by atoms with Crippen molar-refractivity contribution in [3.05, 3.63) is 77.4 Å². The zero-order chi connectivity index (χ0) is 22.2. The van der Waals surface area contributed by atoms with E-state index in [4.69, 9.17) is 14.7 Å². The van der Waals surface area contributed by atoms with Crippen molar-refractivity contribution in [1.82, 2.24) is 0 Å². The number of ether oxygens (including phenoxy) is 2. The average molecular weight is 415 g/mol. The molecule has 0 heterocycles. The third-order valence-electron chi connectivity index (χ3n) is 5.03. The predicted molar refractivity (Wildman–Crippen MR) is 120 cm³/mol. The lowest BCUT2D eigenvalue weighted by molar-refractivity contribution is 0.101. The van der Waals surface area contributed by atoms with E-state index in [1.165, 1.54) is 18.1 Å². The molecule has 4 rings (SSSR count). The number of aromatic hydroxyl groups is 1. The van der Waals surface area contributed by atoms with E-state index in [1.807, 2.05) is 0 Å². The van der Waals surface area contributed by atoms with Crippen molar-refractivity contribution in [2.75, 3.05) is 13.2 Å². The Labute approximate surface area is 182 Å². The van der Waals surface area contributed by atoms with E-state index in [0.29, 0.717) is 35.7 Å². The van der Waals surface area contributed by atoms with Crippen LogP contribution in [0.5, 0.6) is 17.2 Å². The molecule has 0 aromatic heterocycles. The molecule has 31 heavy (non-hydrogen) atoms. The van der Waals surface area contributed by atoms with Gasteiger partial charge in [-0.25, -0.2) is 0 Å². The van der Waals surface area contributed by atoms with Crippen LogP contribution in [-0.2, 0) is 0 Å². The molecule has 0 amide bonds. The van der Waals surface area contributed by atoms with Crippen LogP contribution in [0.2, 0.25) is 0 Å². The summed E-state index contributed by atoms with van der Waals surface area (Å²) in [6, 6.07) is 20.8. The van der Waals surface area contributed by atoms with Crippen molar-refractivity contribution in [1.29, 1.82) is 5.26 Å². The monoisotopic (exact) mass is 415 g/mol. The van der Waals surface area contributed by atoms with Crippen LogP contribution in [0, 0.1) is 18.3 Å². The van der Waals surface area contributed by atoms with E-state index in [-0.39, 0.29) is 11.5 Å². The maximum atomic E-state index is 11.4. The molecule has 2 aliphatic rings. The molecule has 1 N–H and O–H groups in total. The molecular formula is C26H25NO4. The number of hydrogen-bond donors (Lipinski definition) is 1. The third-order valence-corrected chi connectivity index (χ3v) is 5.03. The maximum absolute atomic E-state index is 11.4. The average Bonchev–Trinajstić information content (AvgIpc) is 2.76. The normalized spacial score (nSPS) is 10.4. The summed E-state index contributed by atoms with van der Waals surface area (Å²) in [6.45, 7) is 4.20. The molecule has 0 atom stereocenters. The fourth-order valence-corrected chi connectivity index (χ4v) is 2.99. The molecule has 5 heteroatoms. The van der Waals surface area contributed by atoms with Gasteiger partial charge in [-0.15, -0.1) is 0 Å². The minimum Gasteiger partial charge on any atom is -0.507 e. The van der Waals surface area contributed by atoms with E-state index in [2.05, 4.69) is 30.3 Å². The van der Waals surface area contributed by atoms with Crippen LogP contribution in [0.25, 0.3) is 11.1 Å². The Bertz CT molecular complexity index is 1060. The fraction of sp³-hybridized carbons (Fsp3) is 0.231. The van der Waals surface area contributed by atoms with Gasteiger partial charge in [0.15, 0.2) is 5.78 Å². The maximum Gasteiger partial charge on any atom is 0.163 e. The van der Waals surface area contributed by atoms with Crippen LogP contribution in [0.4, 0.5) is 0 Å². The summed E-state index contributed by atoms with van der Waals surface area (Å²) in [5.41, 5.74) is 4.34. The molecule has 0 spiro atoms. The summed E-state index contributed by atoms with van der Waals surface area (Å²) >= 11 is 0. The van der Waals surface area contributed by atoms with Crippen molar-refractivity contribution in [3.8, 4) is 34.4 Å². The summed E-state index contributed by atoms with van der Waals surface area (Å²) in [5.74, 6) is 1.12. The first-order valence-corrected chi connectivity index (χ1v) is 10.2. The largest absolute Gasteiger partial charge is 0.507 e. The van der Waals surface area contributed by atoms with Gasteiger partial charge in [-0.3, -0.25) is 4.79 Å². The first-order chi connectivity index (χ1) is 15.0. The van der Waals surface area contributed by atoms with Crippen LogP contribution in [0.15, 0.2) is 60.7 Å². The molecule has 2 aromatic carbocycles. The minimum atomic E-state index is -0.174. The van der Waals surface area contributed by atoms with Gasteiger partial charge in [0.1, 0.15) is 17.2 Å². The summed E-state index contributed by atoms with van der Waals surface area (Å²) < 4.78 is 11.3. The molecule has 0 radical (unpaired) electrons. The third kappa shape index (κ3) is 5.64. The Hall–Kier alpha value is -3.78. The summed E-state index contributed by atoms with van der Waals surface area (Å²) in [4.78, 5) is 11.4. The molecule has 0 aliphatic heterocycles. The molecule has 5 nitrogen and oxygen atoms in total. The Morgan fingerprint density at radius 1 is 0.903 bits per heavy atom. The van der Waals surface area contributed by atoms with Crippen LogP contribution in [0.3, 0.4) is 0 Å². The predicted octanol–water partition coefficient (Wildman–Crippen LogP) is 5.68. The number of phenolic OH excluding ortho intramolecular Hbond substituents is 1. The van der Waals surface area contributed by atoms with Gasteiger partial charge in [0.2, 0.25) is 0 Å². The first kappa shape index (κ1) is 21.9. The van der Waals surface area contributed by atoms with Crippen molar-refractivity contribution in [2.24, 2.45) is 0 Å². The number of nitriles is 1. The second-order valence-corrected chi connectivity index (χ2v) is 7.26. The van der Waals surface area contributed by atoms with Gasteiger partial charge in [-0.1, -0.05) is 24.3 Å². The Balaban J connectivity index is 0.000000381. The molecule has 0 fully saturated rings. The lowest BCUT2D eigenvalue weighted by atomic mass is 9.95. The Morgan fingerprint density at radius 3 is 1.97 bits per heavy atom. The number of nitrogens with zero attached hydrogens (tertiary/aromatic N) is 1. The van der Waals surface area contributed by atoms with Crippen LogP contribution < -0.4 is 9.47 Å². The molecule has 2 aromatic rings. The number of hydrogen-bond acceptors (Lipinski definition) is 5. The number of Topliss-reactive ketones (excluding diaryl/α,β-unsaturated/α-hetero) is 1. The quantitative estimate of drug-likeness (QED) is 0.296. The number of carbonyl (C=O) groups is 1. The number of rotatable bonds is 8. The van der Waals surface area contributed by atoms with E-state index < -0.39 is 0 Å². The number of benzene rings is 3. The van der Waals surface area contributed by atoms with Crippen molar-refractivity contribution in [2.45, 2.75) is 26.7 Å². The SMILES string of the molecule is CC(=O)c1ccc(OCCCCOc2ccc(C#N)cc2)c(C)c1O.c1cc2ccc1-2. The summed E-state index contributed by atoms with van der Waals surface area (Å²) in [5, 5.41) is 18.7. The number of fused-ring (bicyclic) bond motifs is 1. The van der Waals surface area contributed by atoms with Gasteiger partial charge in [0.05, 0.1) is 30.4 Å². The van der Waals surface area contributed by atoms with Gasteiger partial charge in [0, 0.05) is 5.56 Å². The van der Waals surface area contributed by atoms with E-state index in [9.17, 15) is 9.90 Å². The lowest BCUT2D eigenvalue weighted by Gasteiger charge is -2.12. The van der Waals surface area contributed by atoms with E-state index in [0.717, 1.165) is 18.6 Å². The highest BCUT2D eigenvalue weighted by atomic mass is 16.5. The topological polar surface area (TPSA) is 79.5 Å². The van der Waals surface area contributed by atoms with Crippen LogP contribution >= 0.6 is 0 Å². The van der Waals surface area contributed by atoms with Gasteiger partial charge in [-0.05, 0) is 74.2 Å².